The number of fused-ring (bicyclic) bond motifs is 1. The summed E-state index contributed by atoms with van der Waals surface area (Å²) < 4.78 is 42.1. The van der Waals surface area contributed by atoms with Gasteiger partial charge in [-0.25, -0.2) is 4.79 Å². The summed E-state index contributed by atoms with van der Waals surface area (Å²) >= 11 is 5.89. The standard InChI is InChI=1S/C20H20ClF3N8O2/c1-2-8-30-16-15(25-18(21)26-16)17(33)31(19(30)34)9-5-10-32-28-14(27-29-32)11-12-6-3-4-7-13(12)20(22,23)24/h3-4,6-7H,2,5,8-11H2,1H3,(H,25,26). The quantitative estimate of drug-likeness (QED) is 0.375. The van der Waals surface area contributed by atoms with E-state index in [1.165, 1.54) is 27.6 Å². The molecule has 0 aliphatic heterocycles. The van der Waals surface area contributed by atoms with E-state index in [2.05, 4.69) is 25.4 Å². The van der Waals surface area contributed by atoms with Crippen LogP contribution in [0.15, 0.2) is 33.9 Å². The van der Waals surface area contributed by atoms with Crippen LogP contribution in [0, 0.1) is 0 Å². The van der Waals surface area contributed by atoms with Crippen LogP contribution in [-0.2, 0) is 32.2 Å². The van der Waals surface area contributed by atoms with E-state index in [0.29, 0.717) is 19.4 Å². The predicted octanol–water partition coefficient (Wildman–Crippen LogP) is 2.64. The molecule has 0 atom stereocenters. The number of rotatable bonds is 8. The molecule has 180 valence electrons. The van der Waals surface area contributed by atoms with Gasteiger partial charge in [-0.1, -0.05) is 25.1 Å². The molecule has 34 heavy (non-hydrogen) atoms. The number of halogens is 4. The normalized spacial score (nSPS) is 12.0. The van der Waals surface area contributed by atoms with E-state index in [1.54, 1.807) is 0 Å². The molecule has 0 radical (unpaired) electrons. The number of hydrogen-bond acceptors (Lipinski definition) is 6. The zero-order chi connectivity index (χ0) is 24.5. The van der Waals surface area contributed by atoms with E-state index >= 15 is 0 Å². The van der Waals surface area contributed by atoms with E-state index in [9.17, 15) is 22.8 Å². The maximum atomic E-state index is 13.2. The molecule has 1 aromatic carbocycles. The third-order valence-corrected chi connectivity index (χ3v) is 5.36. The van der Waals surface area contributed by atoms with Gasteiger partial charge in [-0.05, 0) is 41.3 Å². The van der Waals surface area contributed by atoms with Crippen molar-refractivity contribution in [2.45, 2.75) is 52.0 Å². The number of nitrogens with zero attached hydrogens (tertiary/aromatic N) is 7. The number of alkyl halides is 3. The van der Waals surface area contributed by atoms with Gasteiger partial charge in [0.05, 0.1) is 12.1 Å². The summed E-state index contributed by atoms with van der Waals surface area (Å²) in [6.45, 7) is 2.53. The van der Waals surface area contributed by atoms with Crippen LogP contribution >= 0.6 is 11.6 Å². The van der Waals surface area contributed by atoms with Crippen LogP contribution in [0.1, 0.15) is 36.7 Å². The third-order valence-electron chi connectivity index (χ3n) is 5.18. The number of aryl methyl sites for hydroxylation is 2. The van der Waals surface area contributed by atoms with Gasteiger partial charge in [0.25, 0.3) is 5.56 Å². The lowest BCUT2D eigenvalue weighted by Crippen LogP contribution is -2.40. The molecule has 4 rings (SSSR count). The fourth-order valence-corrected chi connectivity index (χ4v) is 3.87. The fourth-order valence-electron chi connectivity index (χ4n) is 3.69. The average Bonchev–Trinajstić information content (AvgIpc) is 3.39. The molecule has 14 heteroatoms. The molecular weight excluding hydrogens is 477 g/mol. The maximum Gasteiger partial charge on any atom is 0.416 e. The summed E-state index contributed by atoms with van der Waals surface area (Å²) in [5.41, 5.74) is -1.39. The monoisotopic (exact) mass is 496 g/mol. The van der Waals surface area contributed by atoms with Crippen LogP contribution < -0.4 is 11.2 Å². The van der Waals surface area contributed by atoms with E-state index in [0.717, 1.165) is 10.6 Å². The molecule has 1 N–H and O–H groups in total. The summed E-state index contributed by atoms with van der Waals surface area (Å²) in [7, 11) is 0. The Kier molecular flexibility index (Phi) is 6.55. The van der Waals surface area contributed by atoms with Gasteiger partial charge in [0, 0.05) is 19.5 Å². The highest BCUT2D eigenvalue weighted by atomic mass is 35.5. The number of imidazole rings is 1. The third kappa shape index (κ3) is 4.74. The van der Waals surface area contributed by atoms with Crippen molar-refractivity contribution in [3.8, 4) is 0 Å². The van der Waals surface area contributed by atoms with Gasteiger partial charge < -0.3 is 4.98 Å². The molecule has 0 aliphatic rings. The molecule has 0 unspecified atom stereocenters. The van der Waals surface area contributed by atoms with E-state index in [1.807, 2.05) is 6.92 Å². The zero-order valence-corrected chi connectivity index (χ0v) is 18.8. The number of aromatic nitrogens is 8. The molecule has 0 saturated carbocycles. The van der Waals surface area contributed by atoms with Gasteiger partial charge in [-0.3, -0.25) is 13.9 Å². The number of hydrogen-bond donors (Lipinski definition) is 1. The molecule has 3 heterocycles. The van der Waals surface area contributed by atoms with Gasteiger partial charge in [-0.2, -0.15) is 23.0 Å². The van der Waals surface area contributed by atoms with Gasteiger partial charge >= 0.3 is 11.9 Å². The fraction of sp³-hybridized carbons (Fsp3) is 0.400. The second kappa shape index (κ2) is 9.41. The van der Waals surface area contributed by atoms with E-state index in [4.69, 9.17) is 11.6 Å². The Bertz CT molecular complexity index is 1440. The summed E-state index contributed by atoms with van der Waals surface area (Å²) in [6.07, 6.45) is -3.65. The van der Waals surface area contributed by atoms with Gasteiger partial charge in [0.15, 0.2) is 17.0 Å². The number of nitrogens with one attached hydrogen (secondary N) is 1. The smallest absolute Gasteiger partial charge is 0.323 e. The zero-order valence-electron chi connectivity index (χ0n) is 18.0. The number of aromatic amines is 1. The Morgan fingerprint density at radius 3 is 2.59 bits per heavy atom. The lowest BCUT2D eigenvalue weighted by Gasteiger charge is -2.11. The van der Waals surface area contributed by atoms with Crippen LogP contribution in [0.25, 0.3) is 11.2 Å². The highest BCUT2D eigenvalue weighted by Crippen LogP contribution is 2.32. The van der Waals surface area contributed by atoms with Gasteiger partial charge in [0.2, 0.25) is 5.28 Å². The van der Waals surface area contributed by atoms with Crippen LogP contribution in [0.2, 0.25) is 5.28 Å². The minimum absolute atomic E-state index is 0.0144. The molecule has 0 amide bonds. The first-order valence-corrected chi connectivity index (χ1v) is 10.9. The van der Waals surface area contributed by atoms with Crippen molar-refractivity contribution in [1.82, 2.24) is 39.3 Å². The molecular formula is C20H20ClF3N8O2. The average molecular weight is 497 g/mol. The first kappa shape index (κ1) is 23.7. The maximum absolute atomic E-state index is 13.2. The summed E-state index contributed by atoms with van der Waals surface area (Å²) in [5.74, 6) is 0.132. The number of tetrazole rings is 1. The van der Waals surface area contributed by atoms with Gasteiger partial charge in [-0.15, -0.1) is 10.2 Å². The first-order valence-electron chi connectivity index (χ1n) is 10.5. The van der Waals surface area contributed by atoms with Crippen molar-refractivity contribution in [2.24, 2.45) is 0 Å². The Balaban J connectivity index is 1.49. The molecule has 0 saturated heterocycles. The van der Waals surface area contributed by atoms with Gasteiger partial charge in [0.1, 0.15) is 0 Å². The lowest BCUT2D eigenvalue weighted by molar-refractivity contribution is -0.138. The molecule has 3 aromatic heterocycles. The molecule has 0 aliphatic carbocycles. The minimum atomic E-state index is -4.48. The van der Waals surface area contributed by atoms with Crippen LogP contribution in [0.5, 0.6) is 0 Å². The molecule has 10 nitrogen and oxygen atoms in total. The summed E-state index contributed by atoms with van der Waals surface area (Å²) in [4.78, 5) is 33.6. The minimum Gasteiger partial charge on any atom is -0.323 e. The van der Waals surface area contributed by atoms with Crippen molar-refractivity contribution < 1.29 is 13.2 Å². The van der Waals surface area contributed by atoms with Crippen molar-refractivity contribution in [3.05, 3.63) is 67.3 Å². The second-order valence-electron chi connectivity index (χ2n) is 7.60. The Morgan fingerprint density at radius 1 is 1.09 bits per heavy atom. The van der Waals surface area contributed by atoms with Crippen LogP contribution in [-0.4, -0.2) is 39.3 Å². The number of H-pyrrole nitrogens is 1. The predicted molar refractivity (Wildman–Crippen MR) is 117 cm³/mol. The van der Waals surface area contributed by atoms with E-state index < -0.39 is 23.0 Å². The highest BCUT2D eigenvalue weighted by molar-refractivity contribution is 6.28. The molecule has 0 fully saturated rings. The Labute approximate surface area is 195 Å². The second-order valence-corrected chi connectivity index (χ2v) is 7.96. The summed E-state index contributed by atoms with van der Waals surface area (Å²) in [5, 5.41) is 11.8. The van der Waals surface area contributed by atoms with Crippen LogP contribution in [0.3, 0.4) is 0 Å². The number of benzene rings is 1. The van der Waals surface area contributed by atoms with Crippen molar-refractivity contribution in [3.63, 3.8) is 0 Å². The first-order chi connectivity index (χ1) is 16.2. The topological polar surface area (TPSA) is 116 Å². The van der Waals surface area contributed by atoms with Crippen molar-refractivity contribution >= 4 is 22.8 Å². The summed E-state index contributed by atoms with van der Waals surface area (Å²) in [6, 6.07) is 5.21. The SMILES string of the molecule is CCCn1c(=O)n(CCCn2nnc(Cc3ccccc3C(F)(F)F)n2)c(=O)c2[nH]c(Cl)nc21. The highest BCUT2D eigenvalue weighted by Gasteiger charge is 2.33. The van der Waals surface area contributed by atoms with Crippen molar-refractivity contribution in [1.29, 1.82) is 0 Å². The largest absolute Gasteiger partial charge is 0.416 e. The Morgan fingerprint density at radius 2 is 1.85 bits per heavy atom. The molecule has 0 bridgehead atoms. The van der Waals surface area contributed by atoms with Crippen molar-refractivity contribution in [2.75, 3.05) is 0 Å². The Hall–Kier alpha value is -3.48. The van der Waals surface area contributed by atoms with E-state index in [-0.39, 0.29) is 47.3 Å². The molecule has 0 spiro atoms. The lowest BCUT2D eigenvalue weighted by atomic mass is 10.0. The molecule has 4 aromatic rings. The van der Waals surface area contributed by atoms with Crippen LogP contribution in [0.4, 0.5) is 13.2 Å².